The molecule has 4 unspecified atom stereocenters. The Morgan fingerprint density at radius 3 is 1.19 bits per heavy atom. The quantitative estimate of drug-likeness (QED) is 0.155. The van der Waals surface area contributed by atoms with Gasteiger partial charge in [0.25, 0.3) is 0 Å². The molecule has 0 N–H and O–H groups in total. The predicted molar refractivity (Wildman–Crippen MR) is 261 cm³/mol. The molecule has 2 aliphatic rings. The van der Waals surface area contributed by atoms with Gasteiger partial charge in [-0.25, -0.2) is 0 Å². The third-order valence-corrected chi connectivity index (χ3v) is 35.4. The summed E-state index contributed by atoms with van der Waals surface area (Å²) in [6.07, 6.45) is 0. The maximum absolute atomic E-state index is 2.65. The fourth-order valence-electron chi connectivity index (χ4n) is 12.3. The van der Waals surface area contributed by atoms with E-state index in [0.29, 0.717) is 0 Å². The first-order valence-electron chi connectivity index (χ1n) is 21.8. The van der Waals surface area contributed by atoms with Gasteiger partial charge in [-0.1, -0.05) is 0 Å². The van der Waals surface area contributed by atoms with E-state index in [0.717, 1.165) is 0 Å². The number of allylic oxidation sites excluding steroid dienone is 8. The van der Waals surface area contributed by atoms with E-state index < -0.39 is 49.3 Å². The van der Waals surface area contributed by atoms with Gasteiger partial charge in [0, 0.05) is 0 Å². The summed E-state index contributed by atoms with van der Waals surface area (Å²) in [4.78, 5) is 0. The van der Waals surface area contributed by atoms with Crippen molar-refractivity contribution in [3.8, 4) is 0 Å². The SMILES string of the molecule is CC1=C(C)C(C)([Si](C)(c2ccccc2)c2ccc(C)cc2C)[C]([Ti]([CH3])([CH3])[CH3])=C1C.CC1=C(C)C(C)([Si](C)(c2ccccc2)c2cccc(C)c2C)[C]([Ti]([CH3])([CH3])[CH3])=C1C. The number of rotatable bonds is 8. The minimum absolute atomic E-state index is 0.124. The second kappa shape index (κ2) is 16.5. The van der Waals surface area contributed by atoms with Gasteiger partial charge in [-0.05, 0) is 0 Å². The Kier molecular flexibility index (Phi) is 13.3. The molecule has 0 saturated carbocycles. The molecule has 4 heteroatoms. The third kappa shape index (κ3) is 7.32. The number of benzene rings is 4. The minimum atomic E-state index is -2.16. The zero-order valence-corrected chi connectivity index (χ0v) is 45.4. The standard InChI is InChI=1S/2C24H29Si.6CH3.2Ti/c1-17-12-11-15-23(20(17)4)25(7,22-13-9-8-10-14-22)24(6)16-18(2)19(3)21(24)5;1-17-13-14-23(18(2)15-17)25(7,22-11-9-8-10-12-22)24(6)16-19(3)20(4)21(24)5;;;;;;;;/h2*8-15H,1-7H3;6*1H3;;. The van der Waals surface area contributed by atoms with E-state index in [1.54, 1.807) is 54.2 Å². The second-order valence-electron chi connectivity index (χ2n) is 20.8. The zero-order chi connectivity index (χ0) is 43.6. The monoisotopic (exact) mass is 876 g/mol. The van der Waals surface area contributed by atoms with Gasteiger partial charge in [0.1, 0.15) is 0 Å². The van der Waals surface area contributed by atoms with E-state index in [-0.39, 0.29) is 10.1 Å². The first-order valence-corrected chi connectivity index (χ1v) is 37.7. The molecule has 6 rings (SSSR count). The molecule has 308 valence electrons. The molecule has 0 amide bonds. The summed E-state index contributed by atoms with van der Waals surface area (Å²) < 4.78 is 3.65. The summed E-state index contributed by atoms with van der Waals surface area (Å²) in [5, 5.41) is 22.1. The summed E-state index contributed by atoms with van der Waals surface area (Å²) in [6.45, 7) is 34.1. The van der Waals surface area contributed by atoms with Gasteiger partial charge in [0.2, 0.25) is 0 Å². The summed E-state index contributed by atoms with van der Waals surface area (Å²) in [7, 11) is -4.31. The molecule has 4 aromatic carbocycles. The molecule has 4 aromatic rings. The molecule has 0 spiro atoms. The number of hydrogen-bond acceptors (Lipinski definition) is 0. The maximum atomic E-state index is 2.65. The first kappa shape index (κ1) is 46.8. The van der Waals surface area contributed by atoms with Crippen LogP contribution in [0.3, 0.4) is 0 Å². The molecule has 0 aromatic heterocycles. The fraction of sp³-hybridized carbons (Fsp3) is 0.407. The van der Waals surface area contributed by atoms with Crippen LogP contribution in [0.2, 0.25) is 54.5 Å². The van der Waals surface area contributed by atoms with Gasteiger partial charge in [0.15, 0.2) is 0 Å². The molecule has 0 bridgehead atoms. The van der Waals surface area contributed by atoms with Crippen molar-refractivity contribution >= 4 is 36.9 Å². The Bertz CT molecular complexity index is 2350. The van der Waals surface area contributed by atoms with Crippen molar-refractivity contribution in [2.45, 2.75) is 138 Å². The molecule has 2 aliphatic carbocycles. The van der Waals surface area contributed by atoms with Crippen molar-refractivity contribution in [1.82, 2.24) is 0 Å². The Labute approximate surface area is 365 Å². The Morgan fingerprint density at radius 1 is 0.414 bits per heavy atom. The number of hydrogen-bond donors (Lipinski definition) is 0. The average Bonchev–Trinajstić information content (AvgIpc) is 3.46. The van der Waals surface area contributed by atoms with Crippen LogP contribution in [0, 0.1) is 27.7 Å². The molecule has 0 radical (unpaired) electrons. The molecule has 0 fully saturated rings. The van der Waals surface area contributed by atoms with Crippen LogP contribution in [-0.2, 0) is 33.2 Å². The normalized spacial score (nSPS) is 22.3. The van der Waals surface area contributed by atoms with E-state index in [1.807, 2.05) is 7.76 Å². The van der Waals surface area contributed by atoms with Gasteiger partial charge < -0.3 is 0 Å². The molecule has 0 nitrogen and oxygen atoms in total. The topological polar surface area (TPSA) is 0 Å². The van der Waals surface area contributed by atoms with Crippen LogP contribution >= 0.6 is 0 Å². The van der Waals surface area contributed by atoms with Crippen molar-refractivity contribution in [1.29, 1.82) is 0 Å². The molecular weight excluding hydrogens is 800 g/mol. The van der Waals surface area contributed by atoms with E-state index in [2.05, 4.69) is 225 Å². The molecule has 58 heavy (non-hydrogen) atoms. The van der Waals surface area contributed by atoms with Crippen molar-refractivity contribution in [2.75, 3.05) is 0 Å². The van der Waals surface area contributed by atoms with E-state index >= 15 is 0 Å². The summed E-state index contributed by atoms with van der Waals surface area (Å²) >= 11 is -4.24. The van der Waals surface area contributed by atoms with Gasteiger partial charge in [-0.3, -0.25) is 0 Å². The molecule has 0 saturated heterocycles. The van der Waals surface area contributed by atoms with Crippen LogP contribution in [-0.4, -0.2) is 16.1 Å². The van der Waals surface area contributed by atoms with Gasteiger partial charge in [0.05, 0.1) is 0 Å². The van der Waals surface area contributed by atoms with Crippen molar-refractivity contribution in [3.05, 3.63) is 161 Å². The third-order valence-electron chi connectivity index (χ3n) is 15.8. The van der Waals surface area contributed by atoms with Gasteiger partial charge in [-0.15, -0.1) is 0 Å². The molecule has 4 atom stereocenters. The Hall–Kier alpha value is -2.30. The summed E-state index contributed by atoms with van der Waals surface area (Å²) in [5.74, 6) is 0. The van der Waals surface area contributed by atoms with Crippen molar-refractivity contribution in [3.63, 3.8) is 0 Å². The zero-order valence-electron chi connectivity index (χ0n) is 40.2. The van der Waals surface area contributed by atoms with Crippen LogP contribution in [0.4, 0.5) is 0 Å². The molecular formula is C54H76Si2Ti2. The number of aryl methyl sites for hydroxylation is 3. The second-order valence-corrected chi connectivity index (χ2v) is 45.1. The Balaban J connectivity index is 0.000000221. The predicted octanol–water partition coefficient (Wildman–Crippen LogP) is 14.4. The fourth-order valence-corrected chi connectivity index (χ4v) is 37.6. The summed E-state index contributed by atoms with van der Waals surface area (Å²) in [5.41, 5.74) is 15.2. The van der Waals surface area contributed by atoms with E-state index in [9.17, 15) is 0 Å². The van der Waals surface area contributed by atoms with Crippen LogP contribution in [0.5, 0.6) is 0 Å². The van der Waals surface area contributed by atoms with Gasteiger partial charge >= 0.3 is 368 Å². The van der Waals surface area contributed by atoms with Crippen LogP contribution in [0.1, 0.15) is 77.6 Å². The average molecular weight is 877 g/mol. The van der Waals surface area contributed by atoms with Crippen molar-refractivity contribution in [2.24, 2.45) is 0 Å². The summed E-state index contributed by atoms with van der Waals surface area (Å²) in [6, 6.07) is 37.1. The van der Waals surface area contributed by atoms with Crippen LogP contribution < -0.4 is 20.7 Å². The first-order chi connectivity index (χ1) is 26.7. The van der Waals surface area contributed by atoms with Crippen LogP contribution in [0.25, 0.3) is 0 Å². The van der Waals surface area contributed by atoms with E-state index in [4.69, 9.17) is 0 Å². The van der Waals surface area contributed by atoms with Crippen LogP contribution in [0.15, 0.2) is 138 Å². The van der Waals surface area contributed by atoms with Crippen molar-refractivity contribution < 1.29 is 33.2 Å². The molecule has 0 aliphatic heterocycles. The molecule has 0 heterocycles. The van der Waals surface area contributed by atoms with E-state index in [1.165, 1.54) is 22.3 Å². The van der Waals surface area contributed by atoms with Gasteiger partial charge in [-0.2, -0.15) is 0 Å². The Morgan fingerprint density at radius 2 is 0.810 bits per heavy atom.